The van der Waals surface area contributed by atoms with Crippen molar-refractivity contribution < 1.29 is 13.2 Å². The van der Waals surface area contributed by atoms with E-state index in [2.05, 4.69) is 0 Å². The molecular formula is C12H17ClN2O3S. The van der Waals surface area contributed by atoms with Crippen molar-refractivity contribution in [1.29, 1.82) is 0 Å². The fourth-order valence-electron chi connectivity index (χ4n) is 2.16. The van der Waals surface area contributed by atoms with Crippen molar-refractivity contribution in [2.24, 2.45) is 0 Å². The molecule has 0 radical (unpaired) electrons. The molecule has 0 saturated carbocycles. The molecule has 1 aromatic rings. The van der Waals surface area contributed by atoms with Crippen molar-refractivity contribution in [3.63, 3.8) is 0 Å². The third-order valence-corrected chi connectivity index (χ3v) is 5.16. The Labute approximate surface area is 118 Å². The zero-order chi connectivity index (χ0) is 14.2. The lowest BCUT2D eigenvalue weighted by Crippen LogP contribution is -2.48. The monoisotopic (exact) mass is 304 g/mol. The number of hydrogen-bond acceptors (Lipinski definition) is 4. The second-order valence-corrected chi connectivity index (χ2v) is 7.11. The van der Waals surface area contributed by atoms with E-state index in [0.29, 0.717) is 18.1 Å². The average molecular weight is 305 g/mol. The molecule has 106 valence electrons. The number of morpholine rings is 1. The molecule has 0 aromatic heterocycles. The van der Waals surface area contributed by atoms with Crippen molar-refractivity contribution in [3.05, 3.63) is 23.2 Å². The highest BCUT2D eigenvalue weighted by Gasteiger charge is 2.32. The molecule has 2 rings (SSSR count). The van der Waals surface area contributed by atoms with Crippen molar-refractivity contribution >= 4 is 27.3 Å². The Kier molecular flexibility index (Phi) is 4.06. The van der Waals surface area contributed by atoms with Gasteiger partial charge in [0.25, 0.3) is 0 Å². The highest BCUT2D eigenvalue weighted by atomic mass is 35.5. The van der Waals surface area contributed by atoms with Crippen LogP contribution in [0.25, 0.3) is 0 Å². The van der Waals surface area contributed by atoms with Crippen LogP contribution < -0.4 is 5.73 Å². The molecule has 5 nitrogen and oxygen atoms in total. The summed E-state index contributed by atoms with van der Waals surface area (Å²) in [5, 5.41) is 0.350. The predicted molar refractivity (Wildman–Crippen MR) is 74.6 cm³/mol. The second-order valence-electron chi connectivity index (χ2n) is 4.76. The molecule has 0 bridgehead atoms. The number of hydrogen-bond donors (Lipinski definition) is 1. The summed E-state index contributed by atoms with van der Waals surface area (Å²) in [6.07, 6.45) is -0.244. The van der Waals surface area contributed by atoms with Gasteiger partial charge >= 0.3 is 0 Å². The summed E-state index contributed by atoms with van der Waals surface area (Å²) in [6.45, 7) is 4.40. The van der Waals surface area contributed by atoms with Gasteiger partial charge in [0.15, 0.2) is 0 Å². The summed E-state index contributed by atoms with van der Waals surface area (Å²) in [6, 6.07) is 4.36. The molecule has 1 saturated heterocycles. The van der Waals surface area contributed by atoms with Crippen LogP contribution in [0.4, 0.5) is 5.69 Å². The van der Waals surface area contributed by atoms with Gasteiger partial charge in [0.05, 0.1) is 27.8 Å². The number of anilines is 1. The molecule has 1 aliphatic rings. The van der Waals surface area contributed by atoms with Crippen molar-refractivity contribution in [2.45, 2.75) is 31.0 Å². The van der Waals surface area contributed by atoms with Crippen molar-refractivity contribution in [1.82, 2.24) is 4.31 Å². The number of sulfonamides is 1. The van der Waals surface area contributed by atoms with Crippen LogP contribution in [0, 0.1) is 0 Å². The van der Waals surface area contributed by atoms with Gasteiger partial charge in [-0.15, -0.1) is 0 Å². The second kappa shape index (κ2) is 5.28. The predicted octanol–water partition coefficient (Wildman–Crippen LogP) is 1.72. The van der Waals surface area contributed by atoms with Gasteiger partial charge in [0.1, 0.15) is 0 Å². The van der Waals surface area contributed by atoms with Gasteiger partial charge < -0.3 is 10.5 Å². The third kappa shape index (κ3) is 3.02. The number of halogens is 1. The van der Waals surface area contributed by atoms with Crippen LogP contribution in [-0.2, 0) is 14.8 Å². The van der Waals surface area contributed by atoms with Crippen molar-refractivity contribution in [2.75, 3.05) is 18.8 Å². The van der Waals surface area contributed by atoms with Gasteiger partial charge in [0.2, 0.25) is 10.0 Å². The smallest absolute Gasteiger partial charge is 0.243 e. The maximum Gasteiger partial charge on any atom is 0.243 e. The standard InChI is InChI=1S/C12H17ClN2O3S/c1-8-6-15(7-9(2)18-8)19(16,17)10-3-4-11(13)12(14)5-10/h3-5,8-9H,6-7,14H2,1-2H3/t8-,9+. The quantitative estimate of drug-likeness (QED) is 0.844. The number of nitrogens with zero attached hydrogens (tertiary/aromatic N) is 1. The summed E-state index contributed by atoms with van der Waals surface area (Å²) in [4.78, 5) is 0.163. The van der Waals surface area contributed by atoms with E-state index >= 15 is 0 Å². The highest BCUT2D eigenvalue weighted by molar-refractivity contribution is 7.89. The molecule has 1 aliphatic heterocycles. The summed E-state index contributed by atoms with van der Waals surface area (Å²) < 4.78 is 32.0. The third-order valence-electron chi connectivity index (χ3n) is 2.99. The lowest BCUT2D eigenvalue weighted by atomic mass is 10.3. The largest absolute Gasteiger partial charge is 0.397 e. The summed E-state index contributed by atoms with van der Waals surface area (Å²) >= 11 is 5.81. The minimum atomic E-state index is -3.55. The molecule has 0 aliphatic carbocycles. The Balaban J connectivity index is 2.33. The summed E-state index contributed by atoms with van der Waals surface area (Å²) in [5.74, 6) is 0. The number of benzene rings is 1. The van der Waals surface area contributed by atoms with E-state index in [4.69, 9.17) is 22.1 Å². The lowest BCUT2D eigenvalue weighted by molar-refractivity contribution is -0.0440. The Bertz CT molecular complexity index is 566. The zero-order valence-corrected chi connectivity index (χ0v) is 12.4. The SMILES string of the molecule is C[C@@H]1CN(S(=O)(=O)c2ccc(Cl)c(N)c2)C[C@H](C)O1. The van der Waals surface area contributed by atoms with Crippen LogP contribution in [0.2, 0.25) is 5.02 Å². The molecule has 2 N–H and O–H groups in total. The Morgan fingerprint density at radius 2 is 1.89 bits per heavy atom. The van der Waals surface area contributed by atoms with Gasteiger partial charge in [-0.3, -0.25) is 0 Å². The van der Waals surface area contributed by atoms with Crippen LogP contribution in [0.5, 0.6) is 0 Å². The average Bonchev–Trinajstić information content (AvgIpc) is 2.31. The fraction of sp³-hybridized carbons (Fsp3) is 0.500. The number of nitrogen functional groups attached to an aromatic ring is 1. The van der Waals surface area contributed by atoms with E-state index in [1.165, 1.54) is 22.5 Å². The first-order valence-electron chi connectivity index (χ1n) is 6.01. The molecule has 1 heterocycles. The Morgan fingerprint density at radius 1 is 1.32 bits per heavy atom. The molecule has 1 aromatic carbocycles. The molecule has 1 fully saturated rings. The van der Waals surface area contributed by atoms with E-state index in [-0.39, 0.29) is 22.8 Å². The van der Waals surface area contributed by atoms with Crippen LogP contribution in [-0.4, -0.2) is 38.0 Å². The van der Waals surface area contributed by atoms with Crippen LogP contribution in [0.1, 0.15) is 13.8 Å². The number of rotatable bonds is 2. The lowest BCUT2D eigenvalue weighted by Gasteiger charge is -2.34. The zero-order valence-electron chi connectivity index (χ0n) is 10.8. The van der Waals surface area contributed by atoms with E-state index < -0.39 is 10.0 Å². The first-order chi connectivity index (χ1) is 8.80. The fourth-order valence-corrected chi connectivity index (χ4v) is 3.90. The van der Waals surface area contributed by atoms with Gasteiger partial charge in [-0.05, 0) is 32.0 Å². The van der Waals surface area contributed by atoms with E-state index in [1.807, 2.05) is 13.8 Å². The van der Waals surface area contributed by atoms with Gasteiger partial charge in [0, 0.05) is 13.1 Å². The molecule has 0 unspecified atom stereocenters. The molecule has 0 spiro atoms. The van der Waals surface area contributed by atoms with E-state index in [9.17, 15) is 8.42 Å². The van der Waals surface area contributed by atoms with E-state index in [0.717, 1.165) is 0 Å². The topological polar surface area (TPSA) is 72.6 Å². The van der Waals surface area contributed by atoms with Gasteiger partial charge in [-0.1, -0.05) is 11.6 Å². The maximum absolute atomic E-state index is 12.5. The molecule has 2 atom stereocenters. The molecule has 0 amide bonds. The minimum Gasteiger partial charge on any atom is -0.397 e. The summed E-state index contributed by atoms with van der Waals surface area (Å²) in [7, 11) is -3.55. The first kappa shape index (κ1) is 14.6. The van der Waals surface area contributed by atoms with Crippen LogP contribution in [0.15, 0.2) is 23.1 Å². The highest BCUT2D eigenvalue weighted by Crippen LogP contribution is 2.26. The molecular weight excluding hydrogens is 288 g/mol. The Hall–Kier alpha value is -0.820. The number of nitrogens with two attached hydrogens (primary N) is 1. The minimum absolute atomic E-state index is 0.122. The van der Waals surface area contributed by atoms with Crippen molar-refractivity contribution in [3.8, 4) is 0 Å². The number of ether oxygens (including phenoxy) is 1. The molecule has 19 heavy (non-hydrogen) atoms. The van der Waals surface area contributed by atoms with Crippen LogP contribution >= 0.6 is 11.6 Å². The maximum atomic E-state index is 12.5. The van der Waals surface area contributed by atoms with Gasteiger partial charge in [-0.25, -0.2) is 8.42 Å². The Morgan fingerprint density at radius 3 is 2.42 bits per heavy atom. The normalized spacial score (nSPS) is 25.4. The summed E-state index contributed by atoms with van der Waals surface area (Å²) in [5.41, 5.74) is 5.92. The molecule has 7 heteroatoms. The van der Waals surface area contributed by atoms with Crippen LogP contribution in [0.3, 0.4) is 0 Å². The van der Waals surface area contributed by atoms with Gasteiger partial charge in [-0.2, -0.15) is 4.31 Å². The van der Waals surface area contributed by atoms with E-state index in [1.54, 1.807) is 0 Å². The first-order valence-corrected chi connectivity index (χ1v) is 7.83.